The van der Waals surface area contributed by atoms with Crippen LogP contribution in [-0.4, -0.2) is 19.2 Å². The third-order valence-corrected chi connectivity index (χ3v) is 3.19. The van der Waals surface area contributed by atoms with Gasteiger partial charge >= 0.3 is 5.97 Å². The fourth-order valence-corrected chi connectivity index (χ4v) is 1.76. The van der Waals surface area contributed by atoms with Gasteiger partial charge in [-0.05, 0) is 43.0 Å². The zero-order valence-corrected chi connectivity index (χ0v) is 12.0. The van der Waals surface area contributed by atoms with Crippen molar-refractivity contribution in [2.75, 3.05) is 13.2 Å². The van der Waals surface area contributed by atoms with Crippen LogP contribution in [0.2, 0.25) is 0 Å². The number of carbonyl (C=O) groups is 1. The number of hydrogen-bond donors (Lipinski definition) is 0. The van der Waals surface area contributed by atoms with Gasteiger partial charge in [-0.1, -0.05) is 31.6 Å². The van der Waals surface area contributed by atoms with Crippen LogP contribution in [0.25, 0.3) is 6.08 Å². The van der Waals surface area contributed by atoms with Crippen LogP contribution in [0.1, 0.15) is 38.2 Å². The minimum atomic E-state index is -0.0608. The van der Waals surface area contributed by atoms with E-state index in [-0.39, 0.29) is 11.9 Å². The van der Waals surface area contributed by atoms with E-state index in [0.29, 0.717) is 6.61 Å². The topological polar surface area (TPSA) is 35.5 Å². The van der Waals surface area contributed by atoms with Crippen molar-refractivity contribution in [1.82, 2.24) is 0 Å². The van der Waals surface area contributed by atoms with E-state index in [1.165, 1.54) is 0 Å². The van der Waals surface area contributed by atoms with Crippen molar-refractivity contribution < 1.29 is 14.3 Å². The highest BCUT2D eigenvalue weighted by atomic mass is 16.5. The molecule has 0 unspecified atom stereocenters. The molecule has 0 N–H and O–H groups in total. The summed E-state index contributed by atoms with van der Waals surface area (Å²) >= 11 is 0. The molecule has 0 aromatic heterocycles. The van der Waals surface area contributed by atoms with Gasteiger partial charge in [0.2, 0.25) is 0 Å². The number of ether oxygens (including phenoxy) is 2. The van der Waals surface area contributed by atoms with E-state index in [9.17, 15) is 4.79 Å². The summed E-state index contributed by atoms with van der Waals surface area (Å²) in [5.41, 5.74) is 1.08. The second-order valence-electron chi connectivity index (χ2n) is 5.08. The van der Waals surface area contributed by atoms with Crippen molar-refractivity contribution in [1.29, 1.82) is 0 Å². The summed E-state index contributed by atoms with van der Waals surface area (Å²) in [7, 11) is 0. The van der Waals surface area contributed by atoms with Gasteiger partial charge in [0.25, 0.3) is 0 Å². The van der Waals surface area contributed by atoms with Gasteiger partial charge in [-0.15, -0.1) is 0 Å². The molecule has 3 nitrogen and oxygen atoms in total. The lowest BCUT2D eigenvalue weighted by Crippen LogP contribution is -2.05. The summed E-state index contributed by atoms with van der Waals surface area (Å²) in [6.45, 7) is 3.26. The summed E-state index contributed by atoms with van der Waals surface area (Å²) < 4.78 is 10.7. The normalized spacial score (nSPS) is 14.4. The molecule has 0 heterocycles. The maximum Gasteiger partial charge on any atom is 0.309 e. The van der Waals surface area contributed by atoms with E-state index in [0.717, 1.165) is 43.6 Å². The van der Waals surface area contributed by atoms with Gasteiger partial charge in [0, 0.05) is 0 Å². The lowest BCUT2D eigenvalue weighted by molar-refractivity contribution is -0.143. The number of benzene rings is 1. The molecule has 0 aliphatic heterocycles. The number of hydrogen-bond acceptors (Lipinski definition) is 3. The van der Waals surface area contributed by atoms with Crippen LogP contribution < -0.4 is 4.74 Å². The smallest absolute Gasteiger partial charge is 0.309 e. The molecule has 0 radical (unpaired) electrons. The molecule has 3 heteroatoms. The van der Waals surface area contributed by atoms with Gasteiger partial charge < -0.3 is 9.47 Å². The van der Waals surface area contributed by atoms with Gasteiger partial charge in [-0.2, -0.15) is 0 Å². The molecule has 108 valence electrons. The fraction of sp³-hybridized carbons (Fsp3) is 0.471. The summed E-state index contributed by atoms with van der Waals surface area (Å²) in [6.07, 6.45) is 8.02. The summed E-state index contributed by atoms with van der Waals surface area (Å²) in [4.78, 5) is 11.3. The molecule has 1 aliphatic rings. The van der Waals surface area contributed by atoms with Crippen molar-refractivity contribution in [2.45, 2.75) is 32.6 Å². The van der Waals surface area contributed by atoms with Gasteiger partial charge in [0.15, 0.2) is 0 Å². The van der Waals surface area contributed by atoms with Crippen molar-refractivity contribution in [3.8, 4) is 5.75 Å². The molecule has 0 amide bonds. The Hall–Kier alpha value is -1.77. The molecule has 1 saturated carbocycles. The fourth-order valence-electron chi connectivity index (χ4n) is 1.76. The Morgan fingerprint density at radius 3 is 2.70 bits per heavy atom. The predicted octanol–water partition coefficient (Wildman–Crippen LogP) is 3.83. The van der Waals surface area contributed by atoms with Crippen molar-refractivity contribution in [3.05, 3.63) is 35.9 Å². The molecule has 1 aromatic rings. The maximum absolute atomic E-state index is 11.3. The minimum absolute atomic E-state index is 0.0608. The molecule has 1 aromatic carbocycles. The molecule has 2 rings (SSSR count). The zero-order chi connectivity index (χ0) is 14.2. The van der Waals surface area contributed by atoms with E-state index >= 15 is 0 Å². The second-order valence-corrected chi connectivity index (χ2v) is 5.08. The van der Waals surface area contributed by atoms with Crippen LogP contribution in [0.4, 0.5) is 0 Å². The van der Waals surface area contributed by atoms with Crippen LogP contribution in [0.3, 0.4) is 0 Å². The minimum Gasteiger partial charge on any atom is -0.494 e. The molecule has 1 fully saturated rings. The van der Waals surface area contributed by atoms with Crippen LogP contribution in [0.15, 0.2) is 30.3 Å². The first kappa shape index (κ1) is 14.6. The van der Waals surface area contributed by atoms with Crippen LogP contribution in [0, 0.1) is 5.92 Å². The van der Waals surface area contributed by atoms with E-state index < -0.39 is 0 Å². The van der Waals surface area contributed by atoms with Gasteiger partial charge in [0.1, 0.15) is 12.4 Å². The third kappa shape index (κ3) is 5.08. The van der Waals surface area contributed by atoms with Crippen molar-refractivity contribution >= 4 is 12.0 Å². The number of esters is 1. The highest BCUT2D eigenvalue weighted by Gasteiger charge is 2.30. The van der Waals surface area contributed by atoms with Crippen LogP contribution in [0.5, 0.6) is 5.75 Å². The van der Waals surface area contributed by atoms with E-state index in [1.54, 1.807) is 0 Å². The Labute approximate surface area is 120 Å². The van der Waals surface area contributed by atoms with E-state index in [4.69, 9.17) is 9.47 Å². The first-order valence-corrected chi connectivity index (χ1v) is 7.35. The Bertz CT molecular complexity index is 444. The number of unbranched alkanes of at least 4 members (excludes halogenated alkanes) is 1. The van der Waals surface area contributed by atoms with E-state index in [2.05, 4.69) is 6.92 Å². The second kappa shape index (κ2) is 7.73. The Balaban J connectivity index is 1.70. The van der Waals surface area contributed by atoms with Gasteiger partial charge in [0.05, 0.1) is 12.5 Å². The molecule has 0 saturated heterocycles. The predicted molar refractivity (Wildman–Crippen MR) is 79.6 cm³/mol. The summed E-state index contributed by atoms with van der Waals surface area (Å²) in [6, 6.07) is 7.93. The standard InChI is InChI=1S/C17H22O3/c1-2-3-12-19-16-10-6-14(7-11-16)5-4-13-20-17(18)15-8-9-15/h4-7,10-11,15H,2-3,8-9,12-13H2,1H3. The highest BCUT2D eigenvalue weighted by Crippen LogP contribution is 2.29. The molecular weight excluding hydrogens is 252 g/mol. The Kier molecular flexibility index (Phi) is 5.66. The van der Waals surface area contributed by atoms with Crippen LogP contribution >= 0.6 is 0 Å². The average molecular weight is 274 g/mol. The molecule has 1 aliphatic carbocycles. The average Bonchev–Trinajstić information content (AvgIpc) is 3.30. The number of rotatable bonds is 8. The largest absolute Gasteiger partial charge is 0.494 e. The third-order valence-electron chi connectivity index (χ3n) is 3.19. The van der Waals surface area contributed by atoms with Gasteiger partial charge in [-0.25, -0.2) is 0 Å². The molecule has 0 atom stereocenters. The number of carbonyl (C=O) groups excluding carboxylic acids is 1. The SMILES string of the molecule is CCCCOc1ccc(C=CCOC(=O)C2CC2)cc1. The zero-order valence-electron chi connectivity index (χ0n) is 12.0. The summed E-state index contributed by atoms with van der Waals surface area (Å²) in [5.74, 6) is 1.01. The van der Waals surface area contributed by atoms with Crippen molar-refractivity contribution in [3.63, 3.8) is 0 Å². The lowest BCUT2D eigenvalue weighted by Gasteiger charge is -2.05. The first-order chi connectivity index (χ1) is 9.79. The monoisotopic (exact) mass is 274 g/mol. The Morgan fingerprint density at radius 1 is 1.30 bits per heavy atom. The molecular formula is C17H22O3. The lowest BCUT2D eigenvalue weighted by atomic mass is 10.2. The first-order valence-electron chi connectivity index (χ1n) is 7.35. The van der Waals surface area contributed by atoms with E-state index in [1.807, 2.05) is 36.4 Å². The summed E-state index contributed by atoms with van der Waals surface area (Å²) in [5, 5.41) is 0. The van der Waals surface area contributed by atoms with Crippen molar-refractivity contribution in [2.24, 2.45) is 5.92 Å². The van der Waals surface area contributed by atoms with Gasteiger partial charge in [-0.3, -0.25) is 4.79 Å². The molecule has 0 spiro atoms. The molecule has 20 heavy (non-hydrogen) atoms. The van der Waals surface area contributed by atoms with Crippen LogP contribution in [-0.2, 0) is 9.53 Å². The maximum atomic E-state index is 11.3. The quantitative estimate of drug-likeness (QED) is 0.534. The highest BCUT2D eigenvalue weighted by molar-refractivity contribution is 5.75. The Morgan fingerprint density at radius 2 is 2.05 bits per heavy atom. The molecule has 0 bridgehead atoms.